The van der Waals surface area contributed by atoms with E-state index < -0.39 is 23.5 Å². The molecule has 1 aromatic rings. The van der Waals surface area contributed by atoms with E-state index >= 15 is 0 Å². The number of ketones is 2. The molecular formula is C15H12O6. The lowest BCUT2D eigenvalue weighted by Gasteiger charge is -2.19. The number of hydrogen-bond acceptors (Lipinski definition) is 6. The van der Waals surface area contributed by atoms with Gasteiger partial charge in [-0.05, 0) is 13.0 Å². The van der Waals surface area contributed by atoms with Crippen LogP contribution in [-0.4, -0.2) is 23.5 Å². The van der Waals surface area contributed by atoms with E-state index in [4.69, 9.17) is 9.47 Å². The van der Waals surface area contributed by atoms with Crippen LogP contribution >= 0.6 is 0 Å². The van der Waals surface area contributed by atoms with Gasteiger partial charge in [0.25, 0.3) is 0 Å². The maximum Gasteiger partial charge on any atom is 0.308 e. The molecule has 108 valence electrons. The van der Waals surface area contributed by atoms with Gasteiger partial charge in [-0.15, -0.1) is 0 Å². The Morgan fingerprint density at radius 2 is 1.57 bits per heavy atom. The molecular weight excluding hydrogens is 276 g/mol. The van der Waals surface area contributed by atoms with E-state index in [0.29, 0.717) is 0 Å². The summed E-state index contributed by atoms with van der Waals surface area (Å²) in [6.07, 6.45) is 0. The molecule has 0 amide bonds. The first-order valence-corrected chi connectivity index (χ1v) is 6.13. The summed E-state index contributed by atoms with van der Waals surface area (Å²) in [6.45, 7) is 3.72. The van der Waals surface area contributed by atoms with Crippen molar-refractivity contribution >= 4 is 23.5 Å². The maximum absolute atomic E-state index is 12.4. The fourth-order valence-electron chi connectivity index (χ4n) is 2.05. The van der Waals surface area contributed by atoms with Crippen LogP contribution in [0.2, 0.25) is 0 Å². The van der Waals surface area contributed by atoms with Gasteiger partial charge in [-0.3, -0.25) is 19.2 Å². The summed E-state index contributed by atoms with van der Waals surface area (Å²) < 4.78 is 9.78. The number of carbonyl (C=O) groups is 4. The Hall–Kier alpha value is -2.76. The zero-order valence-electron chi connectivity index (χ0n) is 11.7. The minimum Gasteiger partial charge on any atom is -0.426 e. The highest BCUT2D eigenvalue weighted by atomic mass is 16.5. The van der Waals surface area contributed by atoms with Gasteiger partial charge in [0, 0.05) is 25.0 Å². The van der Waals surface area contributed by atoms with Crippen molar-refractivity contribution in [1.29, 1.82) is 0 Å². The van der Waals surface area contributed by atoms with Crippen molar-refractivity contribution in [3.05, 3.63) is 40.7 Å². The van der Waals surface area contributed by atoms with Crippen LogP contribution in [0.15, 0.2) is 29.5 Å². The Bertz CT molecular complexity index is 711. The molecule has 0 bridgehead atoms. The number of carbonyl (C=O) groups excluding carboxylic acids is 4. The first-order chi connectivity index (χ1) is 9.82. The lowest BCUT2D eigenvalue weighted by atomic mass is 9.88. The van der Waals surface area contributed by atoms with Gasteiger partial charge in [-0.1, -0.05) is 12.1 Å². The number of Topliss-reactive ketones (excluding diaryl/α,β-unsaturated/α-hetero) is 2. The van der Waals surface area contributed by atoms with Crippen LogP contribution in [0.25, 0.3) is 0 Å². The molecule has 0 aromatic heterocycles. The van der Waals surface area contributed by atoms with Crippen molar-refractivity contribution in [2.75, 3.05) is 0 Å². The highest BCUT2D eigenvalue weighted by molar-refractivity contribution is 6.27. The number of ether oxygens (including phenoxy) is 2. The molecule has 1 aliphatic rings. The SMILES string of the molecule is CC(=O)OC1=C(C)C(=O)c2cccc(OC(C)=O)c2C1=O. The molecule has 1 aliphatic carbocycles. The normalized spacial score (nSPS) is 13.9. The zero-order chi connectivity index (χ0) is 15.7. The molecule has 0 unspecified atom stereocenters. The molecule has 0 saturated heterocycles. The van der Waals surface area contributed by atoms with E-state index in [9.17, 15) is 19.2 Å². The smallest absolute Gasteiger partial charge is 0.308 e. The number of benzene rings is 1. The van der Waals surface area contributed by atoms with Crippen LogP contribution in [0, 0.1) is 0 Å². The number of esters is 2. The van der Waals surface area contributed by atoms with Crippen LogP contribution in [-0.2, 0) is 14.3 Å². The minimum absolute atomic E-state index is 0.0319. The van der Waals surface area contributed by atoms with Crippen LogP contribution in [0.1, 0.15) is 41.5 Å². The van der Waals surface area contributed by atoms with Crippen LogP contribution in [0.4, 0.5) is 0 Å². The van der Waals surface area contributed by atoms with Gasteiger partial charge in [-0.25, -0.2) is 0 Å². The third-order valence-corrected chi connectivity index (χ3v) is 2.88. The fraction of sp³-hybridized carbons (Fsp3) is 0.200. The third kappa shape index (κ3) is 2.60. The van der Waals surface area contributed by atoms with Crippen molar-refractivity contribution in [2.45, 2.75) is 20.8 Å². The largest absolute Gasteiger partial charge is 0.426 e. The molecule has 0 spiro atoms. The summed E-state index contributed by atoms with van der Waals surface area (Å²) in [5.41, 5.74) is 0.0920. The second kappa shape index (κ2) is 5.32. The highest BCUT2D eigenvalue weighted by Crippen LogP contribution is 2.33. The average molecular weight is 288 g/mol. The minimum atomic E-state index is -0.709. The summed E-state index contributed by atoms with van der Waals surface area (Å²) in [6, 6.07) is 4.36. The lowest BCUT2D eigenvalue weighted by molar-refractivity contribution is -0.136. The summed E-state index contributed by atoms with van der Waals surface area (Å²) in [5, 5.41) is 0. The van der Waals surface area contributed by atoms with E-state index in [-0.39, 0.29) is 28.2 Å². The van der Waals surface area contributed by atoms with Crippen molar-refractivity contribution < 1.29 is 28.7 Å². The Kier molecular flexibility index (Phi) is 3.71. The third-order valence-electron chi connectivity index (χ3n) is 2.88. The molecule has 0 heterocycles. The molecule has 0 radical (unpaired) electrons. The van der Waals surface area contributed by atoms with Gasteiger partial charge in [0.15, 0.2) is 11.5 Å². The van der Waals surface area contributed by atoms with Gasteiger partial charge in [0.1, 0.15) is 5.75 Å². The van der Waals surface area contributed by atoms with Gasteiger partial charge in [0.2, 0.25) is 5.78 Å². The van der Waals surface area contributed by atoms with Crippen LogP contribution in [0.3, 0.4) is 0 Å². The number of fused-ring (bicyclic) bond motifs is 1. The number of allylic oxidation sites excluding steroid dienone is 2. The summed E-state index contributed by atoms with van der Waals surface area (Å²) >= 11 is 0. The molecule has 6 nitrogen and oxygen atoms in total. The predicted octanol–water partition coefficient (Wildman–Crippen LogP) is 1.83. The maximum atomic E-state index is 12.4. The molecule has 6 heteroatoms. The molecule has 1 aromatic carbocycles. The predicted molar refractivity (Wildman–Crippen MR) is 70.9 cm³/mol. The van der Waals surface area contributed by atoms with E-state index in [0.717, 1.165) is 6.92 Å². The lowest BCUT2D eigenvalue weighted by Crippen LogP contribution is -2.24. The van der Waals surface area contributed by atoms with E-state index in [1.54, 1.807) is 0 Å². The first kappa shape index (κ1) is 14.6. The van der Waals surface area contributed by atoms with Crippen molar-refractivity contribution in [1.82, 2.24) is 0 Å². The molecule has 0 fully saturated rings. The molecule has 0 N–H and O–H groups in total. The Balaban J connectivity index is 2.62. The van der Waals surface area contributed by atoms with Gasteiger partial charge < -0.3 is 9.47 Å². The van der Waals surface area contributed by atoms with Gasteiger partial charge in [0.05, 0.1) is 5.56 Å². The van der Waals surface area contributed by atoms with E-state index in [2.05, 4.69) is 0 Å². The van der Waals surface area contributed by atoms with Crippen molar-refractivity contribution in [2.24, 2.45) is 0 Å². The Morgan fingerprint density at radius 3 is 2.14 bits per heavy atom. The second-order valence-corrected chi connectivity index (χ2v) is 4.48. The van der Waals surface area contributed by atoms with Gasteiger partial charge in [-0.2, -0.15) is 0 Å². The van der Waals surface area contributed by atoms with Crippen molar-refractivity contribution in [3.8, 4) is 5.75 Å². The molecule has 0 aliphatic heterocycles. The zero-order valence-corrected chi connectivity index (χ0v) is 11.7. The molecule has 0 atom stereocenters. The molecule has 2 rings (SSSR count). The quantitative estimate of drug-likeness (QED) is 0.609. The Labute approximate surface area is 120 Å². The molecule has 0 saturated carbocycles. The van der Waals surface area contributed by atoms with Crippen LogP contribution in [0.5, 0.6) is 5.75 Å². The van der Waals surface area contributed by atoms with Crippen molar-refractivity contribution in [3.63, 3.8) is 0 Å². The summed E-state index contributed by atoms with van der Waals surface area (Å²) in [7, 11) is 0. The highest BCUT2D eigenvalue weighted by Gasteiger charge is 2.35. The van der Waals surface area contributed by atoms with E-state index in [1.165, 1.54) is 32.0 Å². The first-order valence-electron chi connectivity index (χ1n) is 6.13. The van der Waals surface area contributed by atoms with Gasteiger partial charge >= 0.3 is 11.9 Å². The summed E-state index contributed by atoms with van der Waals surface area (Å²) in [4.78, 5) is 46.9. The molecule has 21 heavy (non-hydrogen) atoms. The fourth-order valence-corrected chi connectivity index (χ4v) is 2.05. The average Bonchev–Trinajstić information content (AvgIpc) is 2.40. The topological polar surface area (TPSA) is 86.7 Å². The van der Waals surface area contributed by atoms with Crippen LogP contribution < -0.4 is 4.74 Å². The number of rotatable bonds is 2. The number of hydrogen-bond donors (Lipinski definition) is 0. The second-order valence-electron chi connectivity index (χ2n) is 4.48. The Morgan fingerprint density at radius 1 is 0.952 bits per heavy atom. The summed E-state index contributed by atoms with van der Waals surface area (Å²) in [5.74, 6) is -2.80. The monoisotopic (exact) mass is 288 g/mol. The van der Waals surface area contributed by atoms with E-state index in [1.807, 2.05) is 0 Å². The standard InChI is InChI=1S/C15H12O6/c1-7-13(18)10-5-4-6-11(20-8(2)16)12(10)14(19)15(7)21-9(3)17/h4-6H,1-3H3.